The second kappa shape index (κ2) is 8.84. The Bertz CT molecular complexity index is 1220. The van der Waals surface area contributed by atoms with Crippen molar-refractivity contribution in [3.63, 3.8) is 0 Å². The monoisotopic (exact) mass is 436 g/mol. The molecule has 0 bridgehead atoms. The van der Waals surface area contributed by atoms with E-state index in [2.05, 4.69) is 0 Å². The summed E-state index contributed by atoms with van der Waals surface area (Å²) in [6.07, 6.45) is 0.165. The summed E-state index contributed by atoms with van der Waals surface area (Å²) in [4.78, 5) is 0. The van der Waals surface area contributed by atoms with Crippen LogP contribution < -0.4 is 0 Å². The van der Waals surface area contributed by atoms with E-state index in [0.29, 0.717) is 12.5 Å². The number of allylic oxidation sites excluding steroid dienone is 2. The summed E-state index contributed by atoms with van der Waals surface area (Å²) in [5, 5.41) is -0.987. The number of rotatable bonds is 4. The van der Waals surface area contributed by atoms with Crippen LogP contribution in [0, 0.1) is 35.1 Å². The molecule has 0 saturated carbocycles. The fraction of sp³-hybridized carbons (Fsp3) is 0.167. The van der Waals surface area contributed by atoms with Crippen molar-refractivity contribution in [2.24, 2.45) is 0 Å². The van der Waals surface area contributed by atoms with Gasteiger partial charge in [-0.2, -0.15) is 13.2 Å². The summed E-state index contributed by atoms with van der Waals surface area (Å²) < 4.78 is 94.8. The molecule has 0 N–H and O–H groups in total. The van der Waals surface area contributed by atoms with Gasteiger partial charge in [0.25, 0.3) is 0 Å². The van der Waals surface area contributed by atoms with E-state index in [0.717, 1.165) is 24.0 Å². The van der Waals surface area contributed by atoms with E-state index in [-0.39, 0.29) is 16.5 Å². The summed E-state index contributed by atoms with van der Waals surface area (Å²) in [6, 6.07) is 7.11. The van der Waals surface area contributed by atoms with Gasteiger partial charge in [0.15, 0.2) is 5.82 Å². The van der Waals surface area contributed by atoms with Crippen LogP contribution >= 0.6 is 0 Å². The maximum absolute atomic E-state index is 14.6. The topological polar surface area (TPSA) is 0 Å². The fourth-order valence-corrected chi connectivity index (χ4v) is 3.18. The molecule has 0 aliphatic heterocycles. The normalized spacial score (nSPS) is 11.7. The molecule has 0 fully saturated rings. The van der Waals surface area contributed by atoms with Crippen LogP contribution in [0.2, 0.25) is 0 Å². The predicted molar refractivity (Wildman–Crippen MR) is 105 cm³/mol. The van der Waals surface area contributed by atoms with Crippen molar-refractivity contribution < 1.29 is 30.7 Å². The molecule has 0 aromatic heterocycles. The zero-order valence-corrected chi connectivity index (χ0v) is 16.2. The molecule has 7 heteroatoms. The van der Waals surface area contributed by atoms with Gasteiger partial charge in [-0.05, 0) is 60.5 Å². The Morgan fingerprint density at radius 1 is 0.903 bits per heavy atom. The van der Waals surface area contributed by atoms with Crippen molar-refractivity contribution in [3.05, 3.63) is 82.9 Å². The van der Waals surface area contributed by atoms with Gasteiger partial charge in [0.05, 0.1) is 10.9 Å². The number of benzene rings is 3. The minimum Gasteiger partial charge on any atom is -0.206 e. The smallest absolute Gasteiger partial charge is 0.206 e. The molecule has 0 aliphatic carbocycles. The van der Waals surface area contributed by atoms with Crippen LogP contribution in [0.1, 0.15) is 24.5 Å². The zero-order valence-electron chi connectivity index (χ0n) is 16.2. The number of alkyl halides is 3. The highest BCUT2D eigenvalue weighted by molar-refractivity contribution is 5.90. The van der Waals surface area contributed by atoms with Gasteiger partial charge in [0, 0.05) is 11.5 Å². The first-order valence-corrected chi connectivity index (χ1v) is 9.22. The number of hydrogen-bond donors (Lipinski definition) is 0. The molecule has 0 spiro atoms. The first-order chi connectivity index (χ1) is 14.6. The van der Waals surface area contributed by atoms with Gasteiger partial charge in [0.2, 0.25) is 0 Å². The minimum absolute atomic E-state index is 0.0253. The van der Waals surface area contributed by atoms with Crippen LogP contribution in [-0.2, 0) is 6.42 Å². The van der Waals surface area contributed by atoms with E-state index >= 15 is 0 Å². The molecule has 0 unspecified atom stereocenters. The maximum atomic E-state index is 14.6. The zero-order chi connectivity index (χ0) is 22.8. The number of halogens is 7. The molecule has 3 aromatic carbocycles. The van der Waals surface area contributed by atoms with Gasteiger partial charge in [-0.1, -0.05) is 30.2 Å². The van der Waals surface area contributed by atoms with E-state index in [1.54, 1.807) is 6.07 Å². The van der Waals surface area contributed by atoms with Crippen LogP contribution in [0.25, 0.3) is 21.9 Å². The van der Waals surface area contributed by atoms with E-state index in [4.69, 9.17) is 0 Å². The Labute approximate surface area is 174 Å². The maximum Gasteiger partial charge on any atom is 0.458 e. The molecule has 0 atom stereocenters. The number of fused-ring (bicyclic) bond motifs is 1. The Kier molecular flexibility index (Phi) is 6.40. The standard InChI is InChI=1S/C24H15F7/c1-2-3-4-5-14-6-7-17(19(25)10-14)15-11-16-13-20(26)18(8-9-24(29,30)31)23(28)22(16)21(27)12-15/h2-3,6-7,10-13H,4-5H2,1H3/b3-2+. The summed E-state index contributed by atoms with van der Waals surface area (Å²) in [6.45, 7) is 1.87. The average molecular weight is 436 g/mol. The lowest BCUT2D eigenvalue weighted by Gasteiger charge is -2.10. The summed E-state index contributed by atoms with van der Waals surface area (Å²) >= 11 is 0. The van der Waals surface area contributed by atoms with Crippen LogP contribution in [0.3, 0.4) is 0 Å². The highest BCUT2D eigenvalue weighted by Gasteiger charge is 2.24. The molecule has 3 aromatic rings. The number of aryl methyl sites for hydroxylation is 1. The Morgan fingerprint density at radius 2 is 1.65 bits per heavy atom. The molecule has 0 nitrogen and oxygen atoms in total. The summed E-state index contributed by atoms with van der Waals surface area (Å²) in [5.41, 5.74) is -0.397. The van der Waals surface area contributed by atoms with Gasteiger partial charge in [0.1, 0.15) is 17.5 Å². The first-order valence-electron chi connectivity index (χ1n) is 9.22. The van der Waals surface area contributed by atoms with Crippen molar-refractivity contribution >= 4 is 10.8 Å². The lowest BCUT2D eigenvalue weighted by Crippen LogP contribution is -2.03. The van der Waals surface area contributed by atoms with Crippen LogP contribution in [0.4, 0.5) is 30.7 Å². The average Bonchev–Trinajstić information content (AvgIpc) is 2.66. The number of hydrogen-bond acceptors (Lipinski definition) is 0. The third-order valence-corrected chi connectivity index (χ3v) is 4.59. The molecular weight excluding hydrogens is 421 g/mol. The molecule has 3 rings (SSSR count). The second-order valence-electron chi connectivity index (χ2n) is 6.77. The SMILES string of the molecule is C/C=C/CCc1ccc(-c2cc(F)c3c(F)c(C#CC(F)(F)F)c(F)cc3c2)c(F)c1. The molecule has 31 heavy (non-hydrogen) atoms. The minimum atomic E-state index is -4.97. The predicted octanol–water partition coefficient (Wildman–Crippen LogP) is 7.49. The van der Waals surface area contributed by atoms with E-state index < -0.39 is 40.4 Å². The Balaban J connectivity index is 2.08. The third kappa shape index (κ3) is 5.08. The second-order valence-corrected chi connectivity index (χ2v) is 6.77. The third-order valence-electron chi connectivity index (χ3n) is 4.59. The van der Waals surface area contributed by atoms with E-state index in [1.165, 1.54) is 24.1 Å². The van der Waals surface area contributed by atoms with Crippen LogP contribution in [-0.4, -0.2) is 6.18 Å². The van der Waals surface area contributed by atoms with Crippen LogP contribution in [0.5, 0.6) is 0 Å². The Hall–Kier alpha value is -3.27. The van der Waals surface area contributed by atoms with E-state index in [1.807, 2.05) is 19.1 Å². The molecule has 0 aliphatic rings. The molecule has 160 valence electrons. The fourth-order valence-electron chi connectivity index (χ4n) is 3.18. The Morgan fingerprint density at radius 3 is 2.29 bits per heavy atom. The molecular formula is C24H15F7. The van der Waals surface area contributed by atoms with Gasteiger partial charge >= 0.3 is 6.18 Å². The van der Waals surface area contributed by atoms with Crippen molar-refractivity contribution in [2.75, 3.05) is 0 Å². The van der Waals surface area contributed by atoms with Gasteiger partial charge in [-0.25, -0.2) is 17.6 Å². The van der Waals surface area contributed by atoms with Crippen molar-refractivity contribution in [3.8, 4) is 23.0 Å². The van der Waals surface area contributed by atoms with Gasteiger partial charge < -0.3 is 0 Å². The highest BCUT2D eigenvalue weighted by atomic mass is 19.4. The summed E-state index contributed by atoms with van der Waals surface area (Å²) in [5.74, 6) is -2.59. The van der Waals surface area contributed by atoms with Crippen molar-refractivity contribution in [1.82, 2.24) is 0 Å². The van der Waals surface area contributed by atoms with Crippen LogP contribution in [0.15, 0.2) is 48.6 Å². The largest absolute Gasteiger partial charge is 0.458 e. The summed E-state index contributed by atoms with van der Waals surface area (Å²) in [7, 11) is 0. The van der Waals surface area contributed by atoms with E-state index in [9.17, 15) is 30.7 Å². The van der Waals surface area contributed by atoms with Gasteiger partial charge in [-0.3, -0.25) is 0 Å². The highest BCUT2D eigenvalue weighted by Crippen LogP contribution is 2.33. The van der Waals surface area contributed by atoms with Crippen molar-refractivity contribution in [1.29, 1.82) is 0 Å². The van der Waals surface area contributed by atoms with Crippen molar-refractivity contribution in [2.45, 2.75) is 25.9 Å². The molecule has 0 saturated heterocycles. The molecule has 0 heterocycles. The quantitative estimate of drug-likeness (QED) is 0.226. The van der Waals surface area contributed by atoms with Gasteiger partial charge in [-0.15, -0.1) is 0 Å². The molecule has 0 radical (unpaired) electrons. The molecule has 0 amide bonds. The lowest BCUT2D eigenvalue weighted by atomic mass is 9.97. The first kappa shape index (κ1) is 22.4. The lowest BCUT2D eigenvalue weighted by molar-refractivity contribution is -0.0696.